The molecule has 2 fully saturated rings. The Kier molecular flexibility index (Phi) is 9.93. The molecule has 3 atom stereocenters. The maximum absolute atomic E-state index is 14.1. The van der Waals surface area contributed by atoms with Gasteiger partial charge in [-0.15, -0.1) is 0 Å². The highest BCUT2D eigenvalue weighted by molar-refractivity contribution is 6.42. The van der Waals surface area contributed by atoms with E-state index in [1.54, 1.807) is 37.4 Å². The number of aryl methyl sites for hydroxylation is 1. The molecule has 1 saturated heterocycles. The van der Waals surface area contributed by atoms with E-state index in [1.807, 2.05) is 32.9 Å². The van der Waals surface area contributed by atoms with Crippen molar-refractivity contribution in [1.82, 2.24) is 14.8 Å². The molecule has 1 aromatic carbocycles. The summed E-state index contributed by atoms with van der Waals surface area (Å²) in [4.78, 5) is 41.2. The second kappa shape index (κ2) is 13.0. The third kappa shape index (κ3) is 7.96. The number of pyridine rings is 1. The van der Waals surface area contributed by atoms with Crippen molar-refractivity contribution in [2.24, 2.45) is 18.9 Å². The van der Waals surface area contributed by atoms with Crippen LogP contribution in [0.25, 0.3) is 0 Å². The Morgan fingerprint density at radius 1 is 1.15 bits per heavy atom. The summed E-state index contributed by atoms with van der Waals surface area (Å²) in [5.74, 6) is -0.828. The van der Waals surface area contributed by atoms with Gasteiger partial charge in [-0.05, 0) is 81.2 Å². The first-order valence-electron chi connectivity index (χ1n) is 14.0. The summed E-state index contributed by atoms with van der Waals surface area (Å²) in [6.07, 6.45) is 3.68. The van der Waals surface area contributed by atoms with E-state index in [4.69, 9.17) is 32.7 Å². The van der Waals surface area contributed by atoms with Crippen LogP contribution in [0, 0.1) is 11.8 Å². The van der Waals surface area contributed by atoms with Crippen LogP contribution < -0.4 is 16.2 Å². The number of likely N-dealkylation sites (tertiary alicyclic amines) is 1. The number of ether oxygens (including phenoxy) is 2. The Bertz CT molecular complexity index is 1320. The fraction of sp³-hybridized carbons (Fsp3) is 0.567. The average Bonchev–Trinajstić information content (AvgIpc) is 3.75. The summed E-state index contributed by atoms with van der Waals surface area (Å²) in [5.41, 5.74) is 1.52. The fourth-order valence-electron chi connectivity index (χ4n) is 5.28. The Balaban J connectivity index is 1.63. The number of nitrogens with zero attached hydrogens (tertiary/aromatic N) is 2. The zero-order chi connectivity index (χ0) is 29.9. The molecule has 4 rings (SSSR count). The molecule has 0 radical (unpaired) electrons. The maximum atomic E-state index is 14.1. The number of carbonyl (C=O) groups is 2. The third-order valence-electron chi connectivity index (χ3n) is 7.58. The van der Waals surface area contributed by atoms with Crippen molar-refractivity contribution in [3.8, 4) is 0 Å². The van der Waals surface area contributed by atoms with Crippen LogP contribution in [0.3, 0.4) is 0 Å². The summed E-state index contributed by atoms with van der Waals surface area (Å²) < 4.78 is 12.3. The first kappa shape index (κ1) is 31.2. The molecule has 2 aromatic rings. The molecule has 41 heavy (non-hydrogen) atoms. The second-order valence-electron chi connectivity index (χ2n) is 11.9. The van der Waals surface area contributed by atoms with E-state index >= 15 is 0 Å². The van der Waals surface area contributed by atoms with Crippen LogP contribution in [-0.4, -0.2) is 60.4 Å². The minimum Gasteiger partial charge on any atom is -0.444 e. The van der Waals surface area contributed by atoms with Gasteiger partial charge < -0.3 is 29.6 Å². The maximum Gasteiger partial charge on any atom is 0.410 e. The average molecular weight is 608 g/mol. The highest BCUT2D eigenvalue weighted by Crippen LogP contribution is 2.46. The van der Waals surface area contributed by atoms with Crippen molar-refractivity contribution in [2.75, 3.05) is 38.7 Å². The van der Waals surface area contributed by atoms with E-state index < -0.39 is 17.6 Å². The van der Waals surface area contributed by atoms with Gasteiger partial charge in [0.15, 0.2) is 0 Å². The number of benzene rings is 1. The molecule has 1 aliphatic heterocycles. The number of piperidine rings is 1. The lowest BCUT2D eigenvalue weighted by Crippen LogP contribution is -2.50. The van der Waals surface area contributed by atoms with Crippen LogP contribution >= 0.6 is 23.2 Å². The van der Waals surface area contributed by atoms with Gasteiger partial charge in [-0.3, -0.25) is 9.59 Å². The number of hydrogen-bond acceptors (Lipinski definition) is 6. The van der Waals surface area contributed by atoms with Crippen LogP contribution in [0.1, 0.15) is 63.1 Å². The Morgan fingerprint density at radius 3 is 2.51 bits per heavy atom. The number of anilines is 1. The summed E-state index contributed by atoms with van der Waals surface area (Å²) in [5, 5.41) is 7.36. The molecule has 0 bridgehead atoms. The van der Waals surface area contributed by atoms with Crippen LogP contribution in [0.2, 0.25) is 10.0 Å². The normalized spacial score (nSPS) is 19.9. The molecular weight excluding hydrogens is 567 g/mol. The van der Waals surface area contributed by atoms with Gasteiger partial charge in [0.25, 0.3) is 5.56 Å². The van der Waals surface area contributed by atoms with Gasteiger partial charge in [0.1, 0.15) is 5.60 Å². The number of nitrogens with one attached hydrogen (secondary N) is 2. The molecule has 9 nitrogen and oxygen atoms in total. The number of methoxy groups -OCH3 is 1. The topological polar surface area (TPSA) is 102 Å². The summed E-state index contributed by atoms with van der Waals surface area (Å²) in [7, 11) is 3.32. The highest BCUT2D eigenvalue weighted by atomic mass is 35.5. The molecule has 1 aliphatic carbocycles. The molecule has 1 saturated carbocycles. The van der Waals surface area contributed by atoms with E-state index in [0.717, 1.165) is 29.7 Å². The van der Waals surface area contributed by atoms with E-state index in [2.05, 4.69) is 10.6 Å². The van der Waals surface area contributed by atoms with Crippen molar-refractivity contribution in [1.29, 1.82) is 0 Å². The smallest absolute Gasteiger partial charge is 0.410 e. The minimum atomic E-state index is -0.660. The molecule has 2 aliphatic rings. The largest absolute Gasteiger partial charge is 0.444 e. The van der Waals surface area contributed by atoms with Crippen LogP contribution in [-0.2, 0) is 21.3 Å². The second-order valence-corrected chi connectivity index (χ2v) is 12.7. The zero-order valence-electron chi connectivity index (χ0n) is 24.3. The molecule has 224 valence electrons. The van der Waals surface area contributed by atoms with Gasteiger partial charge in [-0.2, -0.15) is 0 Å². The Morgan fingerprint density at radius 2 is 1.88 bits per heavy atom. The zero-order valence-corrected chi connectivity index (χ0v) is 25.8. The number of aromatic nitrogens is 1. The van der Waals surface area contributed by atoms with Crippen LogP contribution in [0.4, 0.5) is 10.5 Å². The first-order valence-corrected chi connectivity index (χ1v) is 14.8. The lowest BCUT2D eigenvalue weighted by atomic mass is 9.80. The third-order valence-corrected chi connectivity index (χ3v) is 8.39. The Labute approximate surface area is 251 Å². The van der Waals surface area contributed by atoms with Crippen LogP contribution in [0.15, 0.2) is 35.3 Å². The molecular formula is C30H40Cl2N4O5. The van der Waals surface area contributed by atoms with Crippen molar-refractivity contribution in [3.05, 3.63) is 62.0 Å². The monoisotopic (exact) mass is 606 g/mol. The minimum absolute atomic E-state index is 0.147. The summed E-state index contributed by atoms with van der Waals surface area (Å²) >= 11 is 13.2. The number of hydrogen-bond donors (Lipinski definition) is 2. The van der Waals surface area contributed by atoms with Gasteiger partial charge in [-0.1, -0.05) is 23.2 Å². The lowest BCUT2D eigenvalue weighted by molar-refractivity contribution is -0.128. The summed E-state index contributed by atoms with van der Waals surface area (Å²) in [6.45, 7) is 7.15. The van der Waals surface area contributed by atoms with Crippen molar-refractivity contribution >= 4 is 40.9 Å². The van der Waals surface area contributed by atoms with E-state index in [0.29, 0.717) is 36.2 Å². The fourth-order valence-corrected chi connectivity index (χ4v) is 5.73. The number of rotatable bonds is 9. The van der Waals surface area contributed by atoms with E-state index in [-0.39, 0.29) is 35.9 Å². The van der Waals surface area contributed by atoms with Gasteiger partial charge >= 0.3 is 6.09 Å². The molecule has 11 heteroatoms. The standard InChI is InChI=1S/C30H40Cl2N4O5/c1-30(2,3)41-29(39)36-12-9-21(19-8-11-35(4)25(37)14-19)23(17-36)28(38)34-27(18-6-7-18)22-15-20(33-10-13-40-5)16-24(31)26(22)32/h8,11,14-16,18,21,23,27,33H,6-7,9-10,12-13,17H2,1-5H3,(H,34,38). The molecule has 2 heterocycles. The molecule has 2 N–H and O–H groups in total. The number of halogens is 2. The lowest BCUT2D eigenvalue weighted by Gasteiger charge is -2.39. The van der Waals surface area contributed by atoms with Crippen molar-refractivity contribution < 1.29 is 19.1 Å². The SMILES string of the molecule is COCCNc1cc(Cl)c(Cl)c(C(NC(=O)C2CN(C(=O)OC(C)(C)C)CCC2c2ccn(C)c(=O)c2)C2CC2)c1. The molecule has 3 unspecified atom stereocenters. The predicted octanol–water partition coefficient (Wildman–Crippen LogP) is 5.36. The highest BCUT2D eigenvalue weighted by Gasteiger charge is 2.41. The molecule has 1 aromatic heterocycles. The van der Waals surface area contributed by atoms with Crippen molar-refractivity contribution in [2.45, 2.75) is 57.6 Å². The van der Waals surface area contributed by atoms with Gasteiger partial charge in [-0.25, -0.2) is 4.79 Å². The van der Waals surface area contributed by atoms with E-state index in [9.17, 15) is 14.4 Å². The van der Waals surface area contributed by atoms with Crippen molar-refractivity contribution in [3.63, 3.8) is 0 Å². The first-order chi connectivity index (χ1) is 19.4. The quantitative estimate of drug-likeness (QED) is 0.373. The van der Waals surface area contributed by atoms with Crippen LogP contribution in [0.5, 0.6) is 0 Å². The summed E-state index contributed by atoms with van der Waals surface area (Å²) in [6, 6.07) is 6.80. The van der Waals surface area contributed by atoms with E-state index in [1.165, 1.54) is 4.57 Å². The number of carbonyl (C=O) groups excluding carboxylic acids is 2. The number of amides is 2. The van der Waals surface area contributed by atoms with Gasteiger partial charge in [0.2, 0.25) is 5.91 Å². The van der Waals surface area contributed by atoms with Gasteiger partial charge in [0.05, 0.1) is 28.6 Å². The van der Waals surface area contributed by atoms with Gasteiger partial charge in [0, 0.05) is 51.7 Å². The molecule has 0 spiro atoms. The predicted molar refractivity (Wildman–Crippen MR) is 161 cm³/mol. The molecule has 2 amide bonds. The Hall–Kier alpha value is -2.75.